The molecular formula is C18H25Cl. The zero-order valence-electron chi connectivity index (χ0n) is 11.9. The summed E-state index contributed by atoms with van der Waals surface area (Å²) in [5.41, 5.74) is 2.65. The first-order valence-corrected chi connectivity index (χ1v) is 8.38. The fourth-order valence-electron chi connectivity index (χ4n) is 4.20. The Morgan fingerprint density at radius 2 is 1.63 bits per heavy atom. The zero-order valence-corrected chi connectivity index (χ0v) is 12.7. The summed E-state index contributed by atoms with van der Waals surface area (Å²) in [6, 6.07) is 8.83. The second kappa shape index (κ2) is 5.87. The molecule has 0 N–H and O–H groups in total. The predicted octanol–water partition coefficient (Wildman–Crippen LogP) is 5.88. The van der Waals surface area contributed by atoms with Crippen LogP contribution in [0.3, 0.4) is 0 Å². The van der Waals surface area contributed by atoms with Crippen LogP contribution in [0.15, 0.2) is 24.3 Å². The van der Waals surface area contributed by atoms with Crippen LogP contribution in [0.4, 0.5) is 0 Å². The van der Waals surface area contributed by atoms with Crippen LogP contribution >= 0.6 is 11.6 Å². The van der Waals surface area contributed by atoms with Crippen molar-refractivity contribution in [1.82, 2.24) is 0 Å². The highest BCUT2D eigenvalue weighted by atomic mass is 35.5. The quantitative estimate of drug-likeness (QED) is 0.592. The fraction of sp³-hybridized carbons (Fsp3) is 0.667. The van der Waals surface area contributed by atoms with Crippen LogP contribution < -0.4 is 0 Å². The molecule has 3 rings (SSSR count). The van der Waals surface area contributed by atoms with Crippen LogP contribution in [0.2, 0.25) is 0 Å². The summed E-state index contributed by atoms with van der Waals surface area (Å²) in [6.07, 6.45) is 9.98. The average molecular weight is 277 g/mol. The smallest absolute Gasteiger partial charge is 0.0613 e. The van der Waals surface area contributed by atoms with Crippen molar-refractivity contribution in [2.24, 2.45) is 17.8 Å². The Labute approximate surface area is 122 Å². The van der Waals surface area contributed by atoms with Gasteiger partial charge in [-0.1, -0.05) is 55.5 Å². The lowest BCUT2D eigenvalue weighted by atomic mass is 9.66. The maximum Gasteiger partial charge on any atom is 0.0613 e. The minimum Gasteiger partial charge on any atom is -0.118 e. The van der Waals surface area contributed by atoms with Gasteiger partial charge in [0.2, 0.25) is 0 Å². The third kappa shape index (κ3) is 2.99. The summed E-state index contributed by atoms with van der Waals surface area (Å²) in [5.74, 6) is 2.69. The van der Waals surface area contributed by atoms with Gasteiger partial charge in [0, 0.05) is 0 Å². The Morgan fingerprint density at radius 3 is 2.37 bits per heavy atom. The van der Waals surface area contributed by atoms with Crippen molar-refractivity contribution in [2.75, 3.05) is 0 Å². The normalized spacial score (nSPS) is 32.6. The number of fused-ring (bicyclic) bond motifs is 1. The lowest BCUT2D eigenvalue weighted by Crippen LogP contribution is -2.29. The Balaban J connectivity index is 1.67. The molecule has 0 spiro atoms. The first-order chi connectivity index (χ1) is 9.24. The van der Waals surface area contributed by atoms with E-state index in [-0.39, 0.29) is 5.38 Å². The zero-order chi connectivity index (χ0) is 13.2. The molecule has 0 radical (unpaired) electrons. The summed E-state index contributed by atoms with van der Waals surface area (Å²) in [5, 5.41) is 0.225. The maximum atomic E-state index is 6.77. The maximum absolute atomic E-state index is 6.77. The molecule has 0 heterocycles. The van der Waals surface area contributed by atoms with E-state index in [2.05, 4.69) is 31.2 Å². The molecule has 2 saturated carbocycles. The highest BCUT2D eigenvalue weighted by Gasteiger charge is 2.35. The number of hydrogen-bond donors (Lipinski definition) is 0. The third-order valence-corrected chi connectivity index (χ3v) is 6.00. The standard InChI is InChI=1S/C18H25Cl/c1-13-6-8-15(9-7-13)18(19)17-11-10-14-4-2-3-5-16(14)12-17/h6-9,14,16-18H,2-5,10-12H2,1H3. The van der Waals surface area contributed by atoms with Crippen LogP contribution in [0.25, 0.3) is 0 Å². The molecule has 0 bridgehead atoms. The van der Waals surface area contributed by atoms with Crippen molar-refractivity contribution in [2.45, 2.75) is 57.2 Å². The van der Waals surface area contributed by atoms with Crippen molar-refractivity contribution in [3.8, 4) is 0 Å². The molecular weight excluding hydrogens is 252 g/mol. The van der Waals surface area contributed by atoms with Crippen molar-refractivity contribution in [3.63, 3.8) is 0 Å². The number of benzene rings is 1. The van der Waals surface area contributed by atoms with E-state index in [4.69, 9.17) is 11.6 Å². The number of alkyl halides is 1. The summed E-state index contributed by atoms with van der Waals surface area (Å²) in [6.45, 7) is 2.14. The van der Waals surface area contributed by atoms with Crippen LogP contribution in [-0.2, 0) is 0 Å². The molecule has 0 nitrogen and oxygen atoms in total. The second-order valence-electron chi connectivity index (χ2n) is 6.69. The molecule has 2 aliphatic carbocycles. The van der Waals surface area contributed by atoms with Crippen LogP contribution in [0, 0.1) is 24.7 Å². The van der Waals surface area contributed by atoms with E-state index < -0.39 is 0 Å². The summed E-state index contributed by atoms with van der Waals surface area (Å²) >= 11 is 6.77. The SMILES string of the molecule is Cc1ccc(C(Cl)C2CCC3CCCCC3C2)cc1. The van der Waals surface area contributed by atoms with Crippen LogP contribution in [0.1, 0.15) is 61.4 Å². The number of aryl methyl sites for hydroxylation is 1. The van der Waals surface area contributed by atoms with E-state index in [0.29, 0.717) is 5.92 Å². The van der Waals surface area contributed by atoms with Gasteiger partial charge in [0.1, 0.15) is 0 Å². The number of rotatable bonds is 2. The molecule has 1 aromatic carbocycles. The minimum atomic E-state index is 0.225. The van der Waals surface area contributed by atoms with E-state index in [9.17, 15) is 0 Å². The van der Waals surface area contributed by atoms with Crippen molar-refractivity contribution in [1.29, 1.82) is 0 Å². The van der Waals surface area contributed by atoms with Crippen molar-refractivity contribution in [3.05, 3.63) is 35.4 Å². The summed E-state index contributed by atoms with van der Waals surface area (Å²) in [7, 11) is 0. The molecule has 0 aliphatic heterocycles. The highest BCUT2D eigenvalue weighted by Crippen LogP contribution is 2.47. The van der Waals surface area contributed by atoms with Gasteiger partial charge in [0.05, 0.1) is 5.38 Å². The molecule has 19 heavy (non-hydrogen) atoms. The predicted molar refractivity (Wildman–Crippen MR) is 82.6 cm³/mol. The monoisotopic (exact) mass is 276 g/mol. The number of halogens is 1. The molecule has 0 amide bonds. The molecule has 0 aromatic heterocycles. The lowest BCUT2D eigenvalue weighted by molar-refractivity contribution is 0.127. The Hall–Kier alpha value is -0.490. The van der Waals surface area contributed by atoms with Gasteiger partial charge in [-0.2, -0.15) is 0 Å². The van der Waals surface area contributed by atoms with Gasteiger partial charge >= 0.3 is 0 Å². The van der Waals surface area contributed by atoms with Crippen molar-refractivity contribution >= 4 is 11.6 Å². The molecule has 4 atom stereocenters. The molecule has 4 unspecified atom stereocenters. The van der Waals surface area contributed by atoms with Crippen LogP contribution in [0.5, 0.6) is 0 Å². The fourth-order valence-corrected chi connectivity index (χ4v) is 4.57. The second-order valence-corrected chi connectivity index (χ2v) is 7.16. The first kappa shape index (κ1) is 13.5. The van der Waals surface area contributed by atoms with Gasteiger partial charge in [-0.05, 0) is 49.5 Å². The van der Waals surface area contributed by atoms with Gasteiger partial charge in [-0.3, -0.25) is 0 Å². The van der Waals surface area contributed by atoms with Gasteiger partial charge in [-0.25, -0.2) is 0 Å². The largest absolute Gasteiger partial charge is 0.118 e. The third-order valence-electron chi connectivity index (χ3n) is 5.39. The van der Waals surface area contributed by atoms with Gasteiger partial charge < -0.3 is 0 Å². The topological polar surface area (TPSA) is 0 Å². The van der Waals surface area contributed by atoms with E-state index >= 15 is 0 Å². The molecule has 1 aromatic rings. The van der Waals surface area contributed by atoms with Gasteiger partial charge in [0.25, 0.3) is 0 Å². The van der Waals surface area contributed by atoms with Crippen molar-refractivity contribution < 1.29 is 0 Å². The Morgan fingerprint density at radius 1 is 0.947 bits per heavy atom. The van der Waals surface area contributed by atoms with Gasteiger partial charge in [-0.15, -0.1) is 11.6 Å². The molecule has 1 heteroatoms. The van der Waals surface area contributed by atoms with E-state index in [1.165, 1.54) is 56.1 Å². The molecule has 0 saturated heterocycles. The summed E-state index contributed by atoms with van der Waals surface area (Å²) < 4.78 is 0. The van der Waals surface area contributed by atoms with Gasteiger partial charge in [0.15, 0.2) is 0 Å². The minimum absolute atomic E-state index is 0.225. The van der Waals surface area contributed by atoms with E-state index in [0.717, 1.165) is 11.8 Å². The molecule has 104 valence electrons. The molecule has 2 aliphatic rings. The first-order valence-electron chi connectivity index (χ1n) is 7.94. The Bertz CT molecular complexity index is 408. The van der Waals surface area contributed by atoms with E-state index in [1.807, 2.05) is 0 Å². The average Bonchev–Trinajstić information content (AvgIpc) is 2.47. The Kier molecular flexibility index (Phi) is 4.17. The van der Waals surface area contributed by atoms with E-state index in [1.54, 1.807) is 0 Å². The summed E-state index contributed by atoms with van der Waals surface area (Å²) in [4.78, 5) is 0. The van der Waals surface area contributed by atoms with Crippen LogP contribution in [-0.4, -0.2) is 0 Å². The lowest BCUT2D eigenvalue weighted by Gasteiger charge is -2.40. The number of hydrogen-bond acceptors (Lipinski definition) is 0. The molecule has 2 fully saturated rings. The highest BCUT2D eigenvalue weighted by molar-refractivity contribution is 6.21.